The molecule has 0 aliphatic rings. The number of nitro groups is 1. The van der Waals surface area contributed by atoms with E-state index in [1.165, 1.54) is 30.5 Å². The summed E-state index contributed by atoms with van der Waals surface area (Å²) < 4.78 is 11.0. The third-order valence-electron chi connectivity index (χ3n) is 4.42. The third-order valence-corrected chi connectivity index (χ3v) is 4.42. The number of ether oxygens (including phenoxy) is 1. The number of benzene rings is 2. The van der Waals surface area contributed by atoms with E-state index in [2.05, 4.69) is 15.8 Å². The Bertz CT molecular complexity index is 1260. The lowest BCUT2D eigenvalue weighted by atomic mass is 10.1. The number of nitrogens with zero attached hydrogens (tertiary/aromatic N) is 1. The maximum atomic E-state index is 12.4. The van der Waals surface area contributed by atoms with Gasteiger partial charge in [0.05, 0.1) is 10.5 Å². The predicted octanol–water partition coefficient (Wildman–Crippen LogP) is 3.32. The lowest BCUT2D eigenvalue weighted by Gasteiger charge is -2.05. The summed E-state index contributed by atoms with van der Waals surface area (Å²) in [6.45, 7) is 0.137. The van der Waals surface area contributed by atoms with Crippen molar-refractivity contribution in [3.8, 4) is 5.75 Å². The number of aromatic nitrogens is 1. The van der Waals surface area contributed by atoms with Gasteiger partial charge in [-0.05, 0) is 30.3 Å². The summed E-state index contributed by atoms with van der Waals surface area (Å²) in [5, 5.41) is 11.3. The highest BCUT2D eigenvalue weighted by atomic mass is 16.6. The zero-order chi connectivity index (χ0) is 21.8. The Morgan fingerprint density at radius 2 is 1.81 bits per heavy atom. The number of aromatic amines is 1. The van der Waals surface area contributed by atoms with Crippen LogP contribution in [0.3, 0.4) is 0 Å². The maximum absolute atomic E-state index is 12.4. The first-order chi connectivity index (χ1) is 15.0. The molecule has 2 heterocycles. The van der Waals surface area contributed by atoms with E-state index in [1.807, 2.05) is 18.2 Å². The van der Waals surface area contributed by atoms with Crippen LogP contribution < -0.4 is 15.6 Å². The number of amides is 2. The molecule has 10 heteroatoms. The van der Waals surface area contributed by atoms with E-state index >= 15 is 0 Å². The number of carbonyl (C=O) groups is 2. The molecule has 0 bridgehead atoms. The van der Waals surface area contributed by atoms with Crippen molar-refractivity contribution in [2.24, 2.45) is 0 Å². The number of carbonyl (C=O) groups excluding carboxylic acids is 2. The van der Waals surface area contributed by atoms with Crippen molar-refractivity contribution in [1.29, 1.82) is 0 Å². The fourth-order valence-electron chi connectivity index (χ4n) is 2.90. The molecule has 0 aliphatic heterocycles. The Morgan fingerprint density at radius 1 is 1.03 bits per heavy atom. The molecule has 156 valence electrons. The fourth-order valence-corrected chi connectivity index (χ4v) is 2.90. The van der Waals surface area contributed by atoms with Crippen LogP contribution in [0.4, 0.5) is 5.69 Å². The van der Waals surface area contributed by atoms with Crippen molar-refractivity contribution in [3.63, 3.8) is 0 Å². The third kappa shape index (κ3) is 4.37. The number of rotatable bonds is 6. The van der Waals surface area contributed by atoms with Gasteiger partial charge in [0, 0.05) is 29.2 Å². The average Bonchev–Trinajstić information content (AvgIpc) is 3.43. The summed E-state index contributed by atoms with van der Waals surface area (Å²) in [5.41, 5.74) is 5.08. The van der Waals surface area contributed by atoms with Crippen LogP contribution in [0.25, 0.3) is 10.9 Å². The van der Waals surface area contributed by atoms with Gasteiger partial charge in [0.15, 0.2) is 5.76 Å². The Kier molecular flexibility index (Phi) is 5.35. The van der Waals surface area contributed by atoms with Gasteiger partial charge in [-0.15, -0.1) is 0 Å². The number of nitrogens with one attached hydrogen (secondary N) is 3. The van der Waals surface area contributed by atoms with Crippen molar-refractivity contribution in [1.82, 2.24) is 15.8 Å². The van der Waals surface area contributed by atoms with Gasteiger partial charge in [-0.1, -0.05) is 18.2 Å². The van der Waals surface area contributed by atoms with Crippen LogP contribution in [-0.2, 0) is 6.61 Å². The molecule has 0 saturated carbocycles. The molecule has 2 aromatic heterocycles. The van der Waals surface area contributed by atoms with E-state index in [1.54, 1.807) is 18.2 Å². The SMILES string of the molecule is O=C(NNC(=O)c1c[nH]c2ccc([N+](=O)[O-])cc12)c1ccc(COc2ccccc2)o1. The number of non-ortho nitro benzene ring substituents is 1. The highest BCUT2D eigenvalue weighted by Gasteiger charge is 2.17. The van der Waals surface area contributed by atoms with Crippen molar-refractivity contribution < 1.29 is 23.7 Å². The first kappa shape index (κ1) is 19.7. The number of hydrogen-bond donors (Lipinski definition) is 3. The van der Waals surface area contributed by atoms with E-state index in [0.717, 1.165) is 0 Å². The second-order valence-corrected chi connectivity index (χ2v) is 6.47. The minimum absolute atomic E-state index is 0.0125. The standard InChI is InChI=1S/C21H16N4O6/c26-20(17-11-22-18-8-6-13(25(28)29)10-16(17)18)23-24-21(27)19-9-7-15(31-19)12-30-14-4-2-1-3-5-14/h1-11,22H,12H2,(H,23,26)(H,24,27). The summed E-state index contributed by atoms with van der Waals surface area (Å²) in [6, 6.07) is 16.3. The van der Waals surface area contributed by atoms with Crippen molar-refractivity contribution in [2.75, 3.05) is 0 Å². The van der Waals surface area contributed by atoms with Gasteiger partial charge in [-0.3, -0.25) is 30.6 Å². The van der Waals surface area contributed by atoms with Gasteiger partial charge in [0.1, 0.15) is 18.1 Å². The smallest absolute Gasteiger partial charge is 0.305 e. The molecular weight excluding hydrogens is 404 g/mol. The largest absolute Gasteiger partial charge is 0.486 e. The summed E-state index contributed by atoms with van der Waals surface area (Å²) in [5.74, 6) is -0.216. The number of nitro benzene ring substituents is 1. The molecule has 2 aromatic carbocycles. The molecule has 0 aliphatic carbocycles. The van der Waals surface area contributed by atoms with E-state index < -0.39 is 16.7 Å². The molecule has 2 amide bonds. The van der Waals surface area contributed by atoms with Gasteiger partial charge in [-0.25, -0.2) is 0 Å². The normalized spacial score (nSPS) is 10.6. The van der Waals surface area contributed by atoms with Crippen LogP contribution in [0.15, 0.2) is 71.3 Å². The van der Waals surface area contributed by atoms with Gasteiger partial charge >= 0.3 is 5.91 Å². The molecule has 0 radical (unpaired) electrons. The summed E-state index contributed by atoms with van der Waals surface area (Å²) in [6.07, 6.45) is 1.40. The number of fused-ring (bicyclic) bond motifs is 1. The second-order valence-electron chi connectivity index (χ2n) is 6.47. The Hall–Kier alpha value is -4.60. The van der Waals surface area contributed by atoms with Crippen LogP contribution in [0, 0.1) is 10.1 Å². The second kappa shape index (κ2) is 8.41. The van der Waals surface area contributed by atoms with E-state index in [9.17, 15) is 19.7 Å². The number of hydrogen-bond acceptors (Lipinski definition) is 6. The molecule has 10 nitrogen and oxygen atoms in total. The van der Waals surface area contributed by atoms with Gasteiger partial charge in [0.2, 0.25) is 0 Å². The lowest BCUT2D eigenvalue weighted by molar-refractivity contribution is -0.384. The minimum atomic E-state index is -0.662. The fraction of sp³-hybridized carbons (Fsp3) is 0.0476. The highest BCUT2D eigenvalue weighted by molar-refractivity contribution is 6.08. The first-order valence-electron chi connectivity index (χ1n) is 9.14. The molecule has 0 spiro atoms. The van der Waals surface area contributed by atoms with Crippen molar-refractivity contribution in [2.45, 2.75) is 6.61 Å². The van der Waals surface area contributed by atoms with Crippen LogP contribution in [0.1, 0.15) is 26.7 Å². The molecule has 4 aromatic rings. The number of H-pyrrole nitrogens is 1. The Labute approximate surface area is 174 Å². The van der Waals surface area contributed by atoms with Gasteiger partial charge in [-0.2, -0.15) is 0 Å². The lowest BCUT2D eigenvalue weighted by Crippen LogP contribution is -2.41. The van der Waals surface area contributed by atoms with E-state index in [4.69, 9.17) is 9.15 Å². The number of hydrazine groups is 1. The van der Waals surface area contributed by atoms with Crippen LogP contribution >= 0.6 is 0 Å². The molecular formula is C21H16N4O6. The van der Waals surface area contributed by atoms with Crippen LogP contribution in [0.2, 0.25) is 0 Å². The quantitative estimate of drug-likeness (QED) is 0.323. The monoisotopic (exact) mass is 420 g/mol. The number of furan rings is 1. The summed E-state index contributed by atoms with van der Waals surface area (Å²) in [4.78, 5) is 38.0. The maximum Gasteiger partial charge on any atom is 0.305 e. The van der Waals surface area contributed by atoms with E-state index in [-0.39, 0.29) is 23.6 Å². The Morgan fingerprint density at radius 3 is 2.58 bits per heavy atom. The van der Waals surface area contributed by atoms with Gasteiger partial charge in [0.25, 0.3) is 11.6 Å². The first-order valence-corrected chi connectivity index (χ1v) is 9.14. The zero-order valence-corrected chi connectivity index (χ0v) is 16.0. The topological polar surface area (TPSA) is 140 Å². The molecule has 3 N–H and O–H groups in total. The predicted molar refractivity (Wildman–Crippen MR) is 109 cm³/mol. The zero-order valence-electron chi connectivity index (χ0n) is 16.0. The van der Waals surface area contributed by atoms with Crippen LogP contribution in [0.5, 0.6) is 5.75 Å². The molecule has 0 fully saturated rings. The number of para-hydroxylation sites is 1. The van der Waals surface area contributed by atoms with Crippen molar-refractivity contribution in [3.05, 3.63) is 94.1 Å². The minimum Gasteiger partial charge on any atom is -0.486 e. The molecule has 0 unspecified atom stereocenters. The molecule has 0 atom stereocenters. The van der Waals surface area contributed by atoms with Gasteiger partial charge < -0.3 is 14.1 Å². The highest BCUT2D eigenvalue weighted by Crippen LogP contribution is 2.23. The van der Waals surface area contributed by atoms with E-state index in [0.29, 0.717) is 22.4 Å². The van der Waals surface area contributed by atoms with Crippen LogP contribution in [-0.4, -0.2) is 21.7 Å². The summed E-state index contributed by atoms with van der Waals surface area (Å²) >= 11 is 0. The average molecular weight is 420 g/mol. The van der Waals surface area contributed by atoms with Crippen molar-refractivity contribution >= 4 is 28.4 Å². The molecule has 0 saturated heterocycles. The Balaban J connectivity index is 1.37. The molecule has 4 rings (SSSR count). The summed E-state index contributed by atoms with van der Waals surface area (Å²) in [7, 11) is 0. The molecule has 31 heavy (non-hydrogen) atoms.